The van der Waals surface area contributed by atoms with E-state index in [0.717, 1.165) is 25.9 Å². The van der Waals surface area contributed by atoms with E-state index in [1.54, 1.807) is 24.3 Å². The molecule has 0 aliphatic carbocycles. The molecule has 2 aromatic carbocycles. The van der Waals surface area contributed by atoms with Gasteiger partial charge >= 0.3 is 12.1 Å². The number of carbonyl (C=O) groups is 2. The smallest absolute Gasteiger partial charge is 0.416 e. The molecule has 1 saturated heterocycles. The number of alkyl halides is 3. The van der Waals surface area contributed by atoms with Crippen LogP contribution in [0.4, 0.5) is 18.9 Å². The second-order valence-corrected chi connectivity index (χ2v) is 6.22. The second kappa shape index (κ2) is 9.89. The SMILES string of the molecule is FC(F)(F)c1ccccc1C1CCNCC1.O=CNc1ccccc1C(=O)O. The predicted octanol–water partition coefficient (Wildman–Crippen LogP) is 4.13. The molecule has 8 heteroatoms. The zero-order valence-corrected chi connectivity index (χ0v) is 15.0. The van der Waals surface area contributed by atoms with Gasteiger partial charge in [-0.25, -0.2) is 4.79 Å². The summed E-state index contributed by atoms with van der Waals surface area (Å²) in [6.07, 6.45) is -2.22. The van der Waals surface area contributed by atoms with E-state index in [-0.39, 0.29) is 11.5 Å². The summed E-state index contributed by atoms with van der Waals surface area (Å²) < 4.78 is 38.4. The van der Waals surface area contributed by atoms with Gasteiger partial charge in [0.25, 0.3) is 0 Å². The maximum absolute atomic E-state index is 12.8. The van der Waals surface area contributed by atoms with Crippen LogP contribution in [0.2, 0.25) is 0 Å². The first-order chi connectivity index (χ1) is 13.3. The van der Waals surface area contributed by atoms with Gasteiger partial charge in [-0.05, 0) is 55.6 Å². The number of amides is 1. The molecule has 0 unspecified atom stereocenters. The Kier molecular flexibility index (Phi) is 7.57. The van der Waals surface area contributed by atoms with E-state index >= 15 is 0 Å². The molecule has 0 aromatic heterocycles. The van der Waals surface area contributed by atoms with Crippen LogP contribution in [0.5, 0.6) is 0 Å². The third kappa shape index (κ3) is 5.82. The summed E-state index contributed by atoms with van der Waals surface area (Å²) in [5.41, 5.74) is 0.378. The summed E-state index contributed by atoms with van der Waals surface area (Å²) >= 11 is 0. The monoisotopic (exact) mass is 394 g/mol. The van der Waals surface area contributed by atoms with E-state index in [1.807, 2.05) is 0 Å². The Labute approximate surface area is 160 Å². The topological polar surface area (TPSA) is 78.4 Å². The molecule has 5 nitrogen and oxygen atoms in total. The van der Waals surface area contributed by atoms with Crippen molar-refractivity contribution in [3.63, 3.8) is 0 Å². The number of nitrogens with one attached hydrogen (secondary N) is 2. The van der Waals surface area contributed by atoms with Gasteiger partial charge < -0.3 is 15.7 Å². The molecule has 1 aliphatic heterocycles. The maximum Gasteiger partial charge on any atom is 0.416 e. The Morgan fingerprint density at radius 2 is 1.68 bits per heavy atom. The summed E-state index contributed by atoms with van der Waals surface area (Å²) in [7, 11) is 0. The fourth-order valence-corrected chi connectivity index (χ4v) is 3.10. The number of aromatic carboxylic acids is 1. The number of benzene rings is 2. The lowest BCUT2D eigenvalue weighted by Gasteiger charge is -2.25. The van der Waals surface area contributed by atoms with Crippen LogP contribution in [0.15, 0.2) is 48.5 Å². The summed E-state index contributed by atoms with van der Waals surface area (Å²) in [4.78, 5) is 20.6. The van der Waals surface area contributed by atoms with Crippen LogP contribution < -0.4 is 10.6 Å². The van der Waals surface area contributed by atoms with Crippen molar-refractivity contribution >= 4 is 18.1 Å². The Balaban J connectivity index is 0.000000209. The molecular weight excluding hydrogens is 373 g/mol. The molecule has 0 atom stereocenters. The number of halogens is 3. The highest BCUT2D eigenvalue weighted by molar-refractivity contribution is 5.96. The molecule has 0 radical (unpaired) electrons. The summed E-state index contributed by atoms with van der Waals surface area (Å²) in [5, 5.41) is 14.1. The van der Waals surface area contributed by atoms with Gasteiger partial charge in [-0.15, -0.1) is 0 Å². The summed E-state index contributed by atoms with van der Waals surface area (Å²) in [6, 6.07) is 12.1. The van der Waals surface area contributed by atoms with Crippen LogP contribution in [0.1, 0.15) is 40.2 Å². The van der Waals surface area contributed by atoms with Gasteiger partial charge in [-0.3, -0.25) is 4.79 Å². The molecule has 1 amide bonds. The highest BCUT2D eigenvalue weighted by Crippen LogP contribution is 2.37. The number of carbonyl (C=O) groups excluding carboxylic acids is 1. The van der Waals surface area contributed by atoms with Crippen molar-refractivity contribution in [1.29, 1.82) is 0 Å². The largest absolute Gasteiger partial charge is 0.478 e. The average molecular weight is 394 g/mol. The second-order valence-electron chi connectivity index (χ2n) is 6.22. The van der Waals surface area contributed by atoms with Gasteiger partial charge in [-0.2, -0.15) is 13.2 Å². The lowest BCUT2D eigenvalue weighted by atomic mass is 9.87. The molecule has 1 aliphatic rings. The number of carboxylic acids is 1. The fraction of sp³-hybridized carbons (Fsp3) is 0.300. The molecule has 0 saturated carbocycles. The number of anilines is 1. The molecular formula is C20H21F3N2O3. The maximum atomic E-state index is 12.8. The lowest BCUT2D eigenvalue weighted by molar-refractivity contribution is -0.138. The van der Waals surface area contributed by atoms with Gasteiger partial charge in [0.15, 0.2) is 0 Å². The third-order valence-corrected chi connectivity index (χ3v) is 4.42. The van der Waals surface area contributed by atoms with Crippen molar-refractivity contribution < 1.29 is 27.9 Å². The highest BCUT2D eigenvalue weighted by Gasteiger charge is 2.35. The van der Waals surface area contributed by atoms with E-state index in [4.69, 9.17) is 5.11 Å². The summed E-state index contributed by atoms with van der Waals surface area (Å²) in [6.45, 7) is 1.60. The van der Waals surface area contributed by atoms with Crippen LogP contribution >= 0.6 is 0 Å². The number of carboxylic acid groups (broad SMARTS) is 1. The average Bonchev–Trinajstić information content (AvgIpc) is 2.69. The van der Waals surface area contributed by atoms with E-state index in [0.29, 0.717) is 17.7 Å². The number of piperidine rings is 1. The quantitative estimate of drug-likeness (QED) is 0.682. The first kappa shape index (κ1) is 21.4. The van der Waals surface area contributed by atoms with Crippen molar-refractivity contribution in [2.24, 2.45) is 0 Å². The zero-order chi connectivity index (χ0) is 20.6. The molecule has 28 heavy (non-hydrogen) atoms. The molecule has 2 aromatic rings. The zero-order valence-electron chi connectivity index (χ0n) is 15.0. The molecule has 0 bridgehead atoms. The van der Waals surface area contributed by atoms with Gasteiger partial charge in [0.2, 0.25) is 6.41 Å². The van der Waals surface area contributed by atoms with Crippen LogP contribution in [0, 0.1) is 0 Å². The third-order valence-electron chi connectivity index (χ3n) is 4.42. The number of hydrogen-bond acceptors (Lipinski definition) is 3. The number of para-hydroxylation sites is 1. The first-order valence-corrected chi connectivity index (χ1v) is 8.74. The van der Waals surface area contributed by atoms with Crippen LogP contribution in [0.25, 0.3) is 0 Å². The van der Waals surface area contributed by atoms with Crippen LogP contribution in [-0.2, 0) is 11.0 Å². The molecule has 1 heterocycles. The lowest BCUT2D eigenvalue weighted by Crippen LogP contribution is -2.27. The van der Waals surface area contributed by atoms with E-state index in [2.05, 4.69) is 10.6 Å². The first-order valence-electron chi connectivity index (χ1n) is 8.74. The van der Waals surface area contributed by atoms with E-state index < -0.39 is 17.7 Å². The molecule has 3 rings (SSSR count). The van der Waals surface area contributed by atoms with Gasteiger partial charge in [0.05, 0.1) is 16.8 Å². The van der Waals surface area contributed by atoms with Crippen LogP contribution in [-0.4, -0.2) is 30.6 Å². The van der Waals surface area contributed by atoms with Crippen molar-refractivity contribution in [3.05, 3.63) is 65.2 Å². The molecule has 3 N–H and O–H groups in total. The fourth-order valence-electron chi connectivity index (χ4n) is 3.10. The van der Waals surface area contributed by atoms with Gasteiger partial charge in [-0.1, -0.05) is 30.3 Å². The number of rotatable bonds is 4. The minimum atomic E-state index is -4.23. The van der Waals surface area contributed by atoms with Crippen molar-refractivity contribution in [2.45, 2.75) is 24.9 Å². The van der Waals surface area contributed by atoms with E-state index in [9.17, 15) is 22.8 Å². The minimum Gasteiger partial charge on any atom is -0.478 e. The highest BCUT2D eigenvalue weighted by atomic mass is 19.4. The van der Waals surface area contributed by atoms with E-state index in [1.165, 1.54) is 24.3 Å². The Morgan fingerprint density at radius 1 is 1.07 bits per heavy atom. The Morgan fingerprint density at radius 3 is 2.29 bits per heavy atom. The Hall–Kier alpha value is -2.87. The predicted molar refractivity (Wildman–Crippen MR) is 99.4 cm³/mol. The normalized spacial score (nSPS) is 14.5. The van der Waals surface area contributed by atoms with Gasteiger partial charge in [0, 0.05) is 0 Å². The van der Waals surface area contributed by atoms with Crippen LogP contribution in [0.3, 0.4) is 0 Å². The van der Waals surface area contributed by atoms with Gasteiger partial charge in [0.1, 0.15) is 0 Å². The minimum absolute atomic E-state index is 0.0408. The Bertz CT molecular complexity index is 803. The number of hydrogen-bond donors (Lipinski definition) is 3. The standard InChI is InChI=1S/C12H14F3N.C8H7NO3/c13-12(14,15)11-4-2-1-3-10(11)9-5-7-16-8-6-9;10-5-9-7-4-2-1-3-6(7)8(11)12/h1-4,9,16H,5-8H2;1-5H,(H,9,10)(H,11,12). The molecule has 1 fully saturated rings. The van der Waals surface area contributed by atoms with Crippen molar-refractivity contribution in [3.8, 4) is 0 Å². The summed E-state index contributed by atoms with van der Waals surface area (Å²) in [5.74, 6) is -1.01. The molecule has 150 valence electrons. The van der Waals surface area contributed by atoms with Crippen molar-refractivity contribution in [2.75, 3.05) is 18.4 Å². The molecule has 0 spiro atoms. The van der Waals surface area contributed by atoms with Crippen molar-refractivity contribution in [1.82, 2.24) is 5.32 Å².